The normalized spacial score (nSPS) is 14.5. The fourth-order valence-corrected chi connectivity index (χ4v) is 3.84. The summed E-state index contributed by atoms with van der Waals surface area (Å²) in [4.78, 5) is 25.4. The van der Waals surface area contributed by atoms with E-state index in [2.05, 4.69) is 16.7 Å². The Morgan fingerprint density at radius 2 is 1.57 bits per heavy atom. The van der Waals surface area contributed by atoms with E-state index >= 15 is 0 Å². The molecule has 1 aliphatic rings. The molecule has 2 N–H and O–H groups in total. The zero-order valence-electron chi connectivity index (χ0n) is 15.6. The predicted octanol–water partition coefficient (Wildman–Crippen LogP) is 5.31. The topological polar surface area (TPSA) is 58.2 Å². The van der Waals surface area contributed by atoms with Crippen LogP contribution >= 0.6 is 11.8 Å². The van der Waals surface area contributed by atoms with E-state index in [9.17, 15) is 9.59 Å². The van der Waals surface area contributed by atoms with Crippen LogP contribution in [0.3, 0.4) is 0 Å². The van der Waals surface area contributed by atoms with Gasteiger partial charge in [-0.15, -0.1) is 11.8 Å². The number of hydrogen-bond acceptors (Lipinski definition) is 3. The first-order valence-corrected chi connectivity index (χ1v) is 10.3. The molecule has 2 amide bonds. The number of anilines is 2. The van der Waals surface area contributed by atoms with Gasteiger partial charge in [-0.3, -0.25) is 9.59 Å². The van der Waals surface area contributed by atoms with Gasteiger partial charge in [0.15, 0.2) is 0 Å². The molecule has 4 nitrogen and oxygen atoms in total. The average Bonchev–Trinajstić information content (AvgIpc) is 3.55. The van der Waals surface area contributed by atoms with Crippen molar-refractivity contribution >= 4 is 45.7 Å². The van der Waals surface area contributed by atoms with Crippen molar-refractivity contribution in [2.75, 3.05) is 10.6 Å². The maximum Gasteiger partial charge on any atom is 0.237 e. The lowest BCUT2D eigenvalue weighted by atomic mass is 10.1. The van der Waals surface area contributed by atoms with Crippen LogP contribution in [0.4, 0.5) is 11.4 Å². The van der Waals surface area contributed by atoms with Crippen molar-refractivity contribution in [3.63, 3.8) is 0 Å². The van der Waals surface area contributed by atoms with E-state index in [0.717, 1.165) is 39.9 Å². The van der Waals surface area contributed by atoms with E-state index in [0.29, 0.717) is 0 Å². The summed E-state index contributed by atoms with van der Waals surface area (Å²) in [5.74, 6) is 0.253. The maximum atomic E-state index is 12.6. The lowest BCUT2D eigenvalue weighted by molar-refractivity contribution is -0.117. The van der Waals surface area contributed by atoms with Crippen molar-refractivity contribution in [1.82, 2.24) is 0 Å². The Hall–Kier alpha value is -2.79. The van der Waals surface area contributed by atoms with E-state index in [1.807, 2.05) is 67.6 Å². The van der Waals surface area contributed by atoms with Gasteiger partial charge < -0.3 is 10.6 Å². The summed E-state index contributed by atoms with van der Waals surface area (Å²) in [6, 6.07) is 21.6. The van der Waals surface area contributed by atoms with Crippen molar-refractivity contribution in [3.05, 3.63) is 66.7 Å². The largest absolute Gasteiger partial charge is 0.326 e. The Labute approximate surface area is 168 Å². The number of rotatable bonds is 6. The van der Waals surface area contributed by atoms with Gasteiger partial charge >= 0.3 is 0 Å². The molecule has 1 atom stereocenters. The van der Waals surface area contributed by atoms with Crippen LogP contribution in [0.15, 0.2) is 71.6 Å². The maximum absolute atomic E-state index is 12.6. The fourth-order valence-electron chi connectivity index (χ4n) is 2.98. The minimum Gasteiger partial charge on any atom is -0.326 e. The smallest absolute Gasteiger partial charge is 0.237 e. The molecule has 3 aromatic rings. The molecule has 0 heterocycles. The van der Waals surface area contributed by atoms with E-state index in [1.165, 1.54) is 11.8 Å². The molecule has 0 aromatic heterocycles. The quantitative estimate of drug-likeness (QED) is 0.561. The number of amides is 2. The zero-order valence-corrected chi connectivity index (χ0v) is 16.5. The van der Waals surface area contributed by atoms with Crippen molar-refractivity contribution in [2.24, 2.45) is 5.92 Å². The Morgan fingerprint density at radius 1 is 0.893 bits per heavy atom. The monoisotopic (exact) mass is 390 g/mol. The van der Waals surface area contributed by atoms with E-state index in [-0.39, 0.29) is 23.0 Å². The number of carbonyl (C=O) groups is 2. The lowest BCUT2D eigenvalue weighted by Gasteiger charge is -2.13. The molecule has 0 bridgehead atoms. The molecule has 28 heavy (non-hydrogen) atoms. The molecule has 0 aliphatic heterocycles. The summed E-state index contributed by atoms with van der Waals surface area (Å²) in [7, 11) is 0. The second-order valence-corrected chi connectivity index (χ2v) is 8.51. The summed E-state index contributed by atoms with van der Waals surface area (Å²) in [6.07, 6.45) is 1.98. The molecule has 1 aliphatic carbocycles. The van der Waals surface area contributed by atoms with E-state index in [1.54, 1.807) is 0 Å². The third-order valence-electron chi connectivity index (χ3n) is 4.77. The number of carbonyl (C=O) groups excluding carboxylic acids is 2. The third kappa shape index (κ3) is 4.54. The molecule has 5 heteroatoms. The molecule has 0 saturated heterocycles. The Bertz CT molecular complexity index is 1010. The number of hydrogen-bond donors (Lipinski definition) is 2. The number of nitrogens with one attached hydrogen (secondary N) is 2. The highest BCUT2D eigenvalue weighted by Crippen LogP contribution is 2.31. The van der Waals surface area contributed by atoms with Crippen molar-refractivity contribution < 1.29 is 9.59 Å². The van der Waals surface area contributed by atoms with Crippen LogP contribution in [0.1, 0.15) is 19.8 Å². The van der Waals surface area contributed by atoms with Gasteiger partial charge in [0.1, 0.15) is 0 Å². The van der Waals surface area contributed by atoms with Crippen LogP contribution in [0.5, 0.6) is 0 Å². The van der Waals surface area contributed by atoms with Gasteiger partial charge in [0.05, 0.1) is 5.25 Å². The zero-order chi connectivity index (χ0) is 19.5. The molecule has 1 saturated carbocycles. The highest BCUT2D eigenvalue weighted by atomic mass is 32.2. The summed E-state index contributed by atoms with van der Waals surface area (Å²) < 4.78 is 0. The van der Waals surface area contributed by atoms with Crippen LogP contribution < -0.4 is 10.6 Å². The first kappa shape index (κ1) is 18.6. The van der Waals surface area contributed by atoms with E-state index < -0.39 is 0 Å². The summed E-state index contributed by atoms with van der Waals surface area (Å²) in [5.41, 5.74) is 1.60. The van der Waals surface area contributed by atoms with Crippen molar-refractivity contribution in [3.8, 4) is 0 Å². The SMILES string of the molecule is CC(Sc1ccc(NC(=O)C2CC2)cc1)C(=O)Nc1ccc2ccccc2c1. The van der Waals surface area contributed by atoms with Crippen molar-refractivity contribution in [1.29, 1.82) is 0 Å². The van der Waals surface area contributed by atoms with Gasteiger partial charge in [-0.2, -0.15) is 0 Å². The first-order valence-electron chi connectivity index (χ1n) is 9.46. The van der Waals surface area contributed by atoms with E-state index in [4.69, 9.17) is 0 Å². The highest BCUT2D eigenvalue weighted by Gasteiger charge is 2.29. The summed E-state index contributed by atoms with van der Waals surface area (Å²) >= 11 is 1.50. The molecule has 3 aromatic carbocycles. The Kier molecular flexibility index (Phi) is 5.35. The molecule has 0 spiro atoms. The van der Waals surface area contributed by atoms with Gasteiger partial charge in [0, 0.05) is 22.2 Å². The average molecular weight is 391 g/mol. The Morgan fingerprint density at radius 3 is 2.29 bits per heavy atom. The van der Waals surface area contributed by atoms with Gasteiger partial charge in [-0.05, 0) is 66.9 Å². The molecule has 1 fully saturated rings. The van der Waals surface area contributed by atoms with Gasteiger partial charge in [-0.25, -0.2) is 0 Å². The number of fused-ring (bicyclic) bond motifs is 1. The van der Waals surface area contributed by atoms with Crippen LogP contribution in [-0.4, -0.2) is 17.1 Å². The van der Waals surface area contributed by atoms with Gasteiger partial charge in [0.25, 0.3) is 0 Å². The van der Waals surface area contributed by atoms with Crippen LogP contribution in [0.2, 0.25) is 0 Å². The van der Waals surface area contributed by atoms with Crippen molar-refractivity contribution in [2.45, 2.75) is 29.9 Å². The lowest BCUT2D eigenvalue weighted by Crippen LogP contribution is -2.22. The number of benzene rings is 3. The molecule has 1 unspecified atom stereocenters. The summed E-state index contributed by atoms with van der Waals surface area (Å²) in [5, 5.41) is 7.93. The predicted molar refractivity (Wildman–Crippen MR) is 116 cm³/mol. The second-order valence-electron chi connectivity index (χ2n) is 7.10. The third-order valence-corrected chi connectivity index (χ3v) is 5.88. The minimum atomic E-state index is -0.238. The summed E-state index contributed by atoms with van der Waals surface area (Å²) in [6.45, 7) is 1.89. The first-order chi connectivity index (χ1) is 13.6. The molecular weight excluding hydrogens is 368 g/mol. The second kappa shape index (κ2) is 8.07. The molecule has 142 valence electrons. The Balaban J connectivity index is 1.34. The highest BCUT2D eigenvalue weighted by molar-refractivity contribution is 8.00. The standard InChI is InChI=1S/C23H22N2O2S/c1-15(22(26)25-20-9-8-16-4-2-3-5-18(16)14-20)28-21-12-10-19(11-13-21)24-23(27)17-6-7-17/h2-5,8-15,17H,6-7H2,1H3,(H,24,27)(H,25,26). The van der Waals surface area contributed by atoms with Gasteiger partial charge in [-0.1, -0.05) is 30.3 Å². The number of thioether (sulfide) groups is 1. The molecular formula is C23H22N2O2S. The van der Waals surface area contributed by atoms with Crippen LogP contribution in [0.25, 0.3) is 10.8 Å². The van der Waals surface area contributed by atoms with Crippen LogP contribution in [0, 0.1) is 5.92 Å². The minimum absolute atomic E-state index is 0.0357. The van der Waals surface area contributed by atoms with Crippen LogP contribution in [-0.2, 0) is 9.59 Å². The van der Waals surface area contributed by atoms with Gasteiger partial charge in [0.2, 0.25) is 11.8 Å². The molecule has 0 radical (unpaired) electrons. The molecule has 4 rings (SSSR count). The fraction of sp³-hybridized carbons (Fsp3) is 0.217.